The molecular weight excluding hydrogens is 363 g/mol. The van der Waals surface area contributed by atoms with Crippen LogP contribution in [0.2, 0.25) is 0 Å². The number of aromatic amines is 1. The number of halogens is 3. The summed E-state index contributed by atoms with van der Waals surface area (Å²) in [5.41, 5.74) is 0.814. The number of nitrogens with zero attached hydrogens (tertiary/aromatic N) is 3. The number of fused-ring (bicyclic) bond motifs is 2. The van der Waals surface area contributed by atoms with Crippen molar-refractivity contribution >= 4 is 17.4 Å². The highest BCUT2D eigenvalue weighted by molar-refractivity contribution is 5.89. The summed E-state index contributed by atoms with van der Waals surface area (Å²) in [7, 11) is 0. The molecular formula is C17H14F3N5O2. The van der Waals surface area contributed by atoms with Crippen molar-refractivity contribution in [2.24, 2.45) is 0 Å². The lowest BCUT2D eigenvalue weighted by Crippen LogP contribution is -2.41. The van der Waals surface area contributed by atoms with E-state index in [9.17, 15) is 22.8 Å². The van der Waals surface area contributed by atoms with Gasteiger partial charge in [-0.15, -0.1) is 0 Å². The zero-order valence-electron chi connectivity index (χ0n) is 13.9. The van der Waals surface area contributed by atoms with Gasteiger partial charge in [-0.2, -0.15) is 13.2 Å². The van der Waals surface area contributed by atoms with Crippen LogP contribution in [0, 0.1) is 0 Å². The van der Waals surface area contributed by atoms with Crippen LogP contribution in [0.1, 0.15) is 16.8 Å². The Morgan fingerprint density at radius 3 is 2.63 bits per heavy atom. The third-order valence-corrected chi connectivity index (χ3v) is 4.45. The van der Waals surface area contributed by atoms with Crippen LogP contribution >= 0.6 is 0 Å². The predicted molar refractivity (Wildman–Crippen MR) is 90.4 cm³/mol. The van der Waals surface area contributed by atoms with Gasteiger partial charge in [0.05, 0.1) is 17.8 Å². The van der Waals surface area contributed by atoms with Crippen LogP contribution in [0.4, 0.5) is 23.7 Å². The van der Waals surface area contributed by atoms with Crippen molar-refractivity contribution in [2.45, 2.75) is 19.1 Å². The Morgan fingerprint density at radius 1 is 1.19 bits per heavy atom. The van der Waals surface area contributed by atoms with Crippen LogP contribution in [-0.2, 0) is 19.1 Å². The molecule has 3 heterocycles. The monoisotopic (exact) mass is 377 g/mol. The first-order chi connectivity index (χ1) is 12.8. The average Bonchev–Trinajstić information content (AvgIpc) is 3.10. The number of carbonyl (C=O) groups is 1. The second kappa shape index (κ2) is 6.15. The molecule has 0 atom stereocenters. The summed E-state index contributed by atoms with van der Waals surface area (Å²) in [5.74, 6) is 0. The molecule has 2 N–H and O–H groups in total. The SMILES string of the molecule is O=C(Nc1ccc(C(F)(F)F)cc1)N1CCc2c(nc3cc[nH]n3c2=O)C1. The Labute approximate surface area is 150 Å². The molecule has 1 aliphatic heterocycles. The molecule has 1 aromatic carbocycles. The lowest BCUT2D eigenvalue weighted by molar-refractivity contribution is -0.137. The van der Waals surface area contributed by atoms with Gasteiger partial charge in [-0.1, -0.05) is 0 Å². The van der Waals surface area contributed by atoms with E-state index < -0.39 is 17.8 Å². The van der Waals surface area contributed by atoms with E-state index in [1.54, 1.807) is 12.3 Å². The Hall–Kier alpha value is -3.30. The number of aromatic nitrogens is 3. The largest absolute Gasteiger partial charge is 0.416 e. The molecule has 0 saturated heterocycles. The number of anilines is 1. The molecule has 2 amide bonds. The third-order valence-electron chi connectivity index (χ3n) is 4.45. The molecule has 7 nitrogen and oxygen atoms in total. The molecule has 27 heavy (non-hydrogen) atoms. The van der Waals surface area contributed by atoms with Gasteiger partial charge in [0.15, 0.2) is 5.65 Å². The first-order valence-corrected chi connectivity index (χ1v) is 8.14. The second-order valence-corrected chi connectivity index (χ2v) is 6.18. The van der Waals surface area contributed by atoms with E-state index in [2.05, 4.69) is 15.4 Å². The molecule has 140 valence electrons. The molecule has 0 fully saturated rings. The molecule has 1 aliphatic rings. The number of nitrogens with one attached hydrogen (secondary N) is 2. The molecule has 2 aromatic heterocycles. The minimum absolute atomic E-state index is 0.152. The summed E-state index contributed by atoms with van der Waals surface area (Å²) in [6, 6.07) is 5.41. The topological polar surface area (TPSA) is 82.5 Å². The van der Waals surface area contributed by atoms with Crippen molar-refractivity contribution in [3.8, 4) is 0 Å². The fourth-order valence-corrected chi connectivity index (χ4v) is 3.05. The Balaban J connectivity index is 1.51. The van der Waals surface area contributed by atoms with Crippen molar-refractivity contribution < 1.29 is 18.0 Å². The molecule has 3 aromatic rings. The maximum atomic E-state index is 12.6. The zero-order valence-corrected chi connectivity index (χ0v) is 13.9. The molecule has 10 heteroatoms. The first kappa shape index (κ1) is 17.1. The van der Waals surface area contributed by atoms with Crippen molar-refractivity contribution in [2.75, 3.05) is 11.9 Å². The van der Waals surface area contributed by atoms with Gasteiger partial charge in [-0.25, -0.2) is 14.3 Å². The molecule has 0 radical (unpaired) electrons. The number of alkyl halides is 3. The van der Waals surface area contributed by atoms with Crippen LogP contribution in [-0.4, -0.2) is 32.1 Å². The molecule has 0 bridgehead atoms. The maximum absolute atomic E-state index is 12.6. The Bertz CT molecular complexity index is 1070. The van der Waals surface area contributed by atoms with Crippen molar-refractivity contribution in [3.63, 3.8) is 0 Å². The van der Waals surface area contributed by atoms with Gasteiger partial charge < -0.3 is 10.2 Å². The Kier molecular flexibility index (Phi) is 3.90. The van der Waals surface area contributed by atoms with Crippen molar-refractivity contribution in [3.05, 3.63) is 63.7 Å². The number of carbonyl (C=O) groups excluding carboxylic acids is 1. The number of hydrogen-bond acceptors (Lipinski definition) is 3. The minimum atomic E-state index is -4.43. The average molecular weight is 377 g/mol. The summed E-state index contributed by atoms with van der Waals surface area (Å²) in [5, 5.41) is 5.36. The second-order valence-electron chi connectivity index (χ2n) is 6.18. The number of amides is 2. The van der Waals surface area contributed by atoms with Crippen molar-refractivity contribution in [1.29, 1.82) is 0 Å². The lowest BCUT2D eigenvalue weighted by atomic mass is 10.1. The van der Waals surface area contributed by atoms with E-state index in [4.69, 9.17) is 0 Å². The zero-order chi connectivity index (χ0) is 19.2. The summed E-state index contributed by atoms with van der Waals surface area (Å²) < 4.78 is 39.1. The van der Waals surface area contributed by atoms with Crippen LogP contribution in [0.15, 0.2) is 41.3 Å². The van der Waals surface area contributed by atoms with E-state index in [-0.39, 0.29) is 17.8 Å². The van der Waals surface area contributed by atoms with Gasteiger partial charge in [0, 0.05) is 30.1 Å². The highest BCUT2D eigenvalue weighted by Crippen LogP contribution is 2.30. The normalized spacial score (nSPS) is 14.3. The first-order valence-electron chi connectivity index (χ1n) is 8.14. The molecule has 0 spiro atoms. The highest BCUT2D eigenvalue weighted by Gasteiger charge is 2.30. The predicted octanol–water partition coefficient (Wildman–Crippen LogP) is 2.63. The number of H-pyrrole nitrogens is 1. The number of rotatable bonds is 1. The number of urea groups is 1. The van der Waals surface area contributed by atoms with Gasteiger partial charge in [0.1, 0.15) is 0 Å². The fourth-order valence-electron chi connectivity index (χ4n) is 3.05. The van der Waals surface area contributed by atoms with Crippen molar-refractivity contribution in [1.82, 2.24) is 19.5 Å². The minimum Gasteiger partial charge on any atom is -0.318 e. The van der Waals surface area contributed by atoms with Gasteiger partial charge in [-0.05, 0) is 30.7 Å². The standard InChI is InChI=1S/C17H14F3N5O2/c18-17(19,20)10-1-3-11(4-2-10)22-16(27)24-8-6-12-13(9-24)23-14-5-7-21-25(14)15(12)26/h1-5,7,21H,6,8-9H2,(H,22,27). The van der Waals surface area contributed by atoms with Gasteiger partial charge in [0.2, 0.25) is 0 Å². The van der Waals surface area contributed by atoms with Crippen LogP contribution < -0.4 is 10.9 Å². The number of benzene rings is 1. The van der Waals surface area contributed by atoms with Crippen LogP contribution in [0.5, 0.6) is 0 Å². The van der Waals surface area contributed by atoms with Crippen LogP contribution in [0.25, 0.3) is 5.65 Å². The Morgan fingerprint density at radius 2 is 1.93 bits per heavy atom. The summed E-state index contributed by atoms with van der Waals surface area (Å²) in [6.07, 6.45) is -2.48. The summed E-state index contributed by atoms with van der Waals surface area (Å²) in [4.78, 5) is 30.7. The van der Waals surface area contributed by atoms with E-state index in [1.807, 2.05) is 0 Å². The molecule has 0 unspecified atom stereocenters. The summed E-state index contributed by atoms with van der Waals surface area (Å²) >= 11 is 0. The molecule has 0 saturated carbocycles. The number of hydrogen-bond donors (Lipinski definition) is 2. The van der Waals surface area contributed by atoms with Gasteiger partial charge >= 0.3 is 12.2 Å². The van der Waals surface area contributed by atoms with Crippen LogP contribution in [0.3, 0.4) is 0 Å². The highest BCUT2D eigenvalue weighted by atomic mass is 19.4. The van der Waals surface area contributed by atoms with Gasteiger partial charge in [0.25, 0.3) is 5.56 Å². The van der Waals surface area contributed by atoms with E-state index in [0.717, 1.165) is 12.1 Å². The van der Waals surface area contributed by atoms with Gasteiger partial charge in [-0.3, -0.25) is 9.89 Å². The fraction of sp³-hybridized carbons (Fsp3) is 0.235. The quantitative estimate of drug-likeness (QED) is 0.684. The third kappa shape index (κ3) is 3.14. The van der Waals surface area contributed by atoms with E-state index in [1.165, 1.54) is 21.5 Å². The molecule has 0 aliphatic carbocycles. The smallest absolute Gasteiger partial charge is 0.318 e. The van der Waals surface area contributed by atoms with E-state index in [0.29, 0.717) is 29.9 Å². The lowest BCUT2D eigenvalue weighted by Gasteiger charge is -2.27. The molecule has 4 rings (SSSR count). The summed E-state index contributed by atoms with van der Waals surface area (Å²) in [6.45, 7) is 0.460. The van der Waals surface area contributed by atoms with E-state index >= 15 is 0 Å². The maximum Gasteiger partial charge on any atom is 0.416 e.